The molecule has 0 saturated carbocycles. The first kappa shape index (κ1) is 20.2. The number of hydrogen-bond acceptors (Lipinski definition) is 3. The van der Waals surface area contributed by atoms with Crippen LogP contribution in [-0.4, -0.2) is 54.4 Å². The lowest BCUT2D eigenvalue weighted by Gasteiger charge is -2.22. The Kier molecular flexibility index (Phi) is 6.93. The molecule has 0 aliphatic carbocycles. The second kappa shape index (κ2) is 9.60. The third kappa shape index (κ3) is 5.26. The number of carbonyl (C=O) groups is 2. The summed E-state index contributed by atoms with van der Waals surface area (Å²) in [6, 6.07) is 14.6. The Balaban J connectivity index is 1.56. The third-order valence-corrected chi connectivity index (χ3v) is 5.07. The number of halogens is 1. The number of ether oxygens (including phenoxy) is 1. The van der Waals surface area contributed by atoms with E-state index in [1.807, 2.05) is 41.0 Å². The standard InChI is InChI=1S/C22H25ClN2O3/c1-2-28-20-10-4-17(5-11-20)16-21(26)24-12-3-13-25(15-14-24)22(27)18-6-8-19(23)9-7-18/h4-11H,2-3,12-16H2,1H3. The Morgan fingerprint density at radius 1 is 0.929 bits per heavy atom. The van der Waals surface area contributed by atoms with E-state index in [1.54, 1.807) is 24.3 Å². The van der Waals surface area contributed by atoms with E-state index in [9.17, 15) is 9.59 Å². The van der Waals surface area contributed by atoms with Gasteiger partial charge in [-0.2, -0.15) is 0 Å². The first-order chi connectivity index (χ1) is 13.6. The summed E-state index contributed by atoms with van der Waals surface area (Å²) in [7, 11) is 0. The largest absolute Gasteiger partial charge is 0.494 e. The predicted octanol–water partition coefficient (Wildman–Crippen LogP) is 3.66. The Morgan fingerprint density at radius 2 is 1.57 bits per heavy atom. The summed E-state index contributed by atoms with van der Waals surface area (Å²) in [5.74, 6) is 0.882. The highest BCUT2D eigenvalue weighted by molar-refractivity contribution is 6.30. The average molecular weight is 401 g/mol. The van der Waals surface area contributed by atoms with Gasteiger partial charge in [-0.1, -0.05) is 23.7 Å². The van der Waals surface area contributed by atoms with Gasteiger partial charge in [-0.3, -0.25) is 9.59 Å². The van der Waals surface area contributed by atoms with Crippen LogP contribution in [0.15, 0.2) is 48.5 Å². The van der Waals surface area contributed by atoms with Crippen molar-refractivity contribution in [1.29, 1.82) is 0 Å². The van der Waals surface area contributed by atoms with E-state index in [0.717, 1.165) is 17.7 Å². The minimum Gasteiger partial charge on any atom is -0.494 e. The smallest absolute Gasteiger partial charge is 0.253 e. The van der Waals surface area contributed by atoms with Crippen LogP contribution >= 0.6 is 11.6 Å². The second-order valence-electron chi connectivity index (χ2n) is 6.79. The maximum Gasteiger partial charge on any atom is 0.253 e. The van der Waals surface area contributed by atoms with Gasteiger partial charge in [-0.15, -0.1) is 0 Å². The highest BCUT2D eigenvalue weighted by Gasteiger charge is 2.22. The molecule has 0 bridgehead atoms. The molecule has 1 aliphatic rings. The first-order valence-corrected chi connectivity index (χ1v) is 9.99. The number of benzene rings is 2. The zero-order valence-electron chi connectivity index (χ0n) is 16.1. The average Bonchev–Trinajstić information content (AvgIpc) is 2.96. The van der Waals surface area contributed by atoms with E-state index in [1.165, 1.54) is 0 Å². The zero-order valence-corrected chi connectivity index (χ0v) is 16.8. The zero-order chi connectivity index (χ0) is 19.9. The number of amides is 2. The fourth-order valence-corrected chi connectivity index (χ4v) is 3.43. The lowest BCUT2D eigenvalue weighted by atomic mass is 10.1. The van der Waals surface area contributed by atoms with Crippen molar-refractivity contribution in [1.82, 2.24) is 9.80 Å². The molecular formula is C22H25ClN2O3. The van der Waals surface area contributed by atoms with Crippen LogP contribution in [0.3, 0.4) is 0 Å². The predicted molar refractivity (Wildman–Crippen MR) is 110 cm³/mol. The van der Waals surface area contributed by atoms with Crippen LogP contribution in [0, 0.1) is 0 Å². The van der Waals surface area contributed by atoms with Crippen molar-refractivity contribution in [2.75, 3.05) is 32.8 Å². The Hall–Kier alpha value is -2.53. The van der Waals surface area contributed by atoms with Crippen molar-refractivity contribution < 1.29 is 14.3 Å². The van der Waals surface area contributed by atoms with Crippen molar-refractivity contribution >= 4 is 23.4 Å². The van der Waals surface area contributed by atoms with E-state index in [-0.39, 0.29) is 11.8 Å². The summed E-state index contributed by atoms with van der Waals surface area (Å²) in [6.45, 7) is 4.97. The molecule has 0 aromatic heterocycles. The molecule has 0 radical (unpaired) electrons. The van der Waals surface area contributed by atoms with Crippen LogP contribution in [0.1, 0.15) is 29.3 Å². The minimum atomic E-state index is -0.0162. The maximum absolute atomic E-state index is 12.7. The van der Waals surface area contributed by atoms with Gasteiger partial charge in [0, 0.05) is 36.8 Å². The molecule has 0 atom stereocenters. The van der Waals surface area contributed by atoms with E-state index in [4.69, 9.17) is 16.3 Å². The van der Waals surface area contributed by atoms with Crippen LogP contribution in [0.2, 0.25) is 5.02 Å². The van der Waals surface area contributed by atoms with Gasteiger partial charge < -0.3 is 14.5 Å². The Labute approximate surface area is 170 Å². The molecule has 28 heavy (non-hydrogen) atoms. The lowest BCUT2D eigenvalue weighted by Crippen LogP contribution is -2.38. The van der Waals surface area contributed by atoms with Crippen LogP contribution < -0.4 is 4.74 Å². The number of nitrogens with zero attached hydrogens (tertiary/aromatic N) is 2. The summed E-state index contributed by atoms with van der Waals surface area (Å²) in [6.07, 6.45) is 1.13. The molecule has 2 aromatic rings. The van der Waals surface area contributed by atoms with Gasteiger partial charge in [0.05, 0.1) is 13.0 Å². The molecule has 148 valence electrons. The molecule has 0 spiro atoms. The molecule has 0 N–H and O–H groups in total. The maximum atomic E-state index is 12.7. The summed E-state index contributed by atoms with van der Waals surface area (Å²) < 4.78 is 5.44. The topological polar surface area (TPSA) is 49.9 Å². The van der Waals surface area contributed by atoms with Gasteiger partial charge in [0.15, 0.2) is 0 Å². The molecular weight excluding hydrogens is 376 g/mol. The summed E-state index contributed by atoms with van der Waals surface area (Å²) in [5.41, 5.74) is 1.59. The van der Waals surface area contributed by atoms with Crippen molar-refractivity contribution in [2.45, 2.75) is 19.8 Å². The van der Waals surface area contributed by atoms with Gasteiger partial charge in [-0.25, -0.2) is 0 Å². The SMILES string of the molecule is CCOc1ccc(CC(=O)N2CCCN(C(=O)c3ccc(Cl)cc3)CC2)cc1. The highest BCUT2D eigenvalue weighted by Crippen LogP contribution is 2.15. The van der Waals surface area contributed by atoms with Crippen molar-refractivity contribution in [3.8, 4) is 5.75 Å². The van der Waals surface area contributed by atoms with Gasteiger partial charge in [0.25, 0.3) is 5.91 Å². The summed E-state index contributed by atoms with van der Waals surface area (Å²) in [4.78, 5) is 29.0. The van der Waals surface area contributed by atoms with Crippen molar-refractivity contribution in [2.24, 2.45) is 0 Å². The number of rotatable bonds is 5. The van der Waals surface area contributed by atoms with Gasteiger partial charge >= 0.3 is 0 Å². The molecule has 0 unspecified atom stereocenters. The molecule has 1 aliphatic heterocycles. The Morgan fingerprint density at radius 3 is 2.25 bits per heavy atom. The van der Waals surface area contributed by atoms with E-state index in [0.29, 0.717) is 49.8 Å². The molecule has 1 fully saturated rings. The summed E-state index contributed by atoms with van der Waals surface area (Å²) in [5, 5.41) is 0.610. The van der Waals surface area contributed by atoms with Gasteiger partial charge in [-0.05, 0) is 55.3 Å². The third-order valence-electron chi connectivity index (χ3n) is 4.82. The van der Waals surface area contributed by atoms with E-state index >= 15 is 0 Å². The summed E-state index contributed by atoms with van der Waals surface area (Å²) >= 11 is 5.90. The minimum absolute atomic E-state index is 0.0162. The van der Waals surface area contributed by atoms with Crippen molar-refractivity contribution in [3.63, 3.8) is 0 Å². The Bertz CT molecular complexity index is 806. The van der Waals surface area contributed by atoms with E-state index < -0.39 is 0 Å². The normalized spacial score (nSPS) is 14.5. The van der Waals surface area contributed by atoms with E-state index in [2.05, 4.69) is 0 Å². The van der Waals surface area contributed by atoms with Gasteiger partial charge in [0.1, 0.15) is 5.75 Å². The molecule has 3 rings (SSSR count). The van der Waals surface area contributed by atoms with Crippen molar-refractivity contribution in [3.05, 3.63) is 64.7 Å². The highest BCUT2D eigenvalue weighted by atomic mass is 35.5. The van der Waals surface area contributed by atoms with Crippen LogP contribution in [0.4, 0.5) is 0 Å². The monoisotopic (exact) mass is 400 g/mol. The van der Waals surface area contributed by atoms with Crippen LogP contribution in [-0.2, 0) is 11.2 Å². The number of carbonyl (C=O) groups excluding carboxylic acids is 2. The molecule has 2 amide bonds. The first-order valence-electron chi connectivity index (χ1n) is 9.61. The lowest BCUT2D eigenvalue weighted by molar-refractivity contribution is -0.130. The molecule has 1 saturated heterocycles. The van der Waals surface area contributed by atoms with Crippen LogP contribution in [0.25, 0.3) is 0 Å². The number of hydrogen-bond donors (Lipinski definition) is 0. The second-order valence-corrected chi connectivity index (χ2v) is 7.22. The molecule has 2 aromatic carbocycles. The van der Waals surface area contributed by atoms with Gasteiger partial charge in [0.2, 0.25) is 5.91 Å². The van der Waals surface area contributed by atoms with Crippen LogP contribution in [0.5, 0.6) is 5.75 Å². The molecule has 1 heterocycles. The molecule has 5 nitrogen and oxygen atoms in total. The molecule has 6 heteroatoms. The fourth-order valence-electron chi connectivity index (χ4n) is 3.30. The fraction of sp³-hybridized carbons (Fsp3) is 0.364. The quantitative estimate of drug-likeness (QED) is 0.769.